The number of hydrogen-bond donors (Lipinski definition) is 2. The molecule has 2 atom stereocenters. The number of hydrogen-bond acceptors (Lipinski definition) is 9. The van der Waals surface area contributed by atoms with E-state index in [2.05, 4.69) is 25.3 Å². The Hall–Kier alpha value is -0.480. The van der Waals surface area contributed by atoms with Crippen LogP contribution in [0.1, 0.15) is 26.7 Å². The first-order valence-electron chi connectivity index (χ1n) is 8.32. The third-order valence-electron chi connectivity index (χ3n) is 2.65. The zero-order valence-corrected chi connectivity index (χ0v) is 16.8. The molecule has 7 nitrogen and oxygen atoms in total. The fourth-order valence-electron chi connectivity index (χ4n) is 1.57. The number of rotatable bonds is 16. The van der Waals surface area contributed by atoms with Crippen LogP contribution in [0.5, 0.6) is 0 Å². The van der Waals surface area contributed by atoms with E-state index >= 15 is 0 Å². The second-order valence-electron chi connectivity index (χ2n) is 5.38. The molecule has 0 spiro atoms. The van der Waals surface area contributed by atoms with E-state index in [4.69, 9.17) is 23.7 Å². The average Bonchev–Trinajstić information content (AvgIpc) is 2.50. The van der Waals surface area contributed by atoms with E-state index in [1.54, 1.807) is 0 Å². The van der Waals surface area contributed by atoms with Crippen LogP contribution in [0.4, 0.5) is 0 Å². The molecule has 25 heavy (non-hydrogen) atoms. The minimum atomic E-state index is -0.273. The van der Waals surface area contributed by atoms with Gasteiger partial charge in [0, 0.05) is 10.5 Å². The Bertz CT molecular complexity index is 319. The SMILES string of the molecule is CC(S)CC(=O)OCCOCCOCCOCCOC(=O)CC(C)S. The van der Waals surface area contributed by atoms with Gasteiger partial charge < -0.3 is 23.7 Å². The summed E-state index contributed by atoms with van der Waals surface area (Å²) in [5, 5.41) is -0.0133. The van der Waals surface area contributed by atoms with Gasteiger partial charge >= 0.3 is 11.9 Å². The second kappa shape index (κ2) is 17.0. The van der Waals surface area contributed by atoms with Gasteiger partial charge in [0.15, 0.2) is 0 Å². The molecule has 0 bridgehead atoms. The molecule has 2 unspecified atom stereocenters. The Morgan fingerprint density at radius 1 is 0.640 bits per heavy atom. The molecule has 0 aliphatic carbocycles. The van der Waals surface area contributed by atoms with Crippen molar-refractivity contribution in [1.82, 2.24) is 0 Å². The van der Waals surface area contributed by atoms with Crippen molar-refractivity contribution in [3.8, 4) is 0 Å². The fraction of sp³-hybridized carbons (Fsp3) is 0.875. The Morgan fingerprint density at radius 2 is 0.920 bits per heavy atom. The summed E-state index contributed by atoms with van der Waals surface area (Å²) in [7, 11) is 0. The molecule has 0 amide bonds. The summed E-state index contributed by atoms with van der Waals surface area (Å²) < 4.78 is 25.8. The number of carbonyl (C=O) groups is 2. The van der Waals surface area contributed by atoms with Gasteiger partial charge in [0.25, 0.3) is 0 Å². The molecule has 9 heteroatoms. The van der Waals surface area contributed by atoms with E-state index in [1.807, 2.05) is 13.8 Å². The monoisotopic (exact) mass is 398 g/mol. The lowest BCUT2D eigenvalue weighted by atomic mass is 10.3. The summed E-state index contributed by atoms with van der Waals surface area (Å²) in [6.45, 7) is 6.49. The average molecular weight is 399 g/mol. The first-order valence-corrected chi connectivity index (χ1v) is 9.35. The minimum absolute atomic E-state index is 0.00664. The van der Waals surface area contributed by atoms with Crippen molar-refractivity contribution in [2.45, 2.75) is 37.2 Å². The molecule has 0 aromatic rings. The highest BCUT2D eigenvalue weighted by atomic mass is 32.1. The van der Waals surface area contributed by atoms with Gasteiger partial charge in [-0.3, -0.25) is 9.59 Å². The molecule has 0 saturated carbocycles. The highest BCUT2D eigenvalue weighted by Crippen LogP contribution is 2.01. The molecule has 148 valence electrons. The van der Waals surface area contributed by atoms with Crippen LogP contribution in [0.15, 0.2) is 0 Å². The minimum Gasteiger partial charge on any atom is -0.463 e. The molecule has 0 aromatic carbocycles. The summed E-state index contributed by atoms with van der Waals surface area (Å²) in [5.41, 5.74) is 0. The summed E-state index contributed by atoms with van der Waals surface area (Å²) in [5.74, 6) is -0.546. The maximum Gasteiger partial charge on any atom is 0.306 e. The number of esters is 2. The maximum absolute atomic E-state index is 11.2. The molecule has 0 aromatic heterocycles. The lowest BCUT2D eigenvalue weighted by Crippen LogP contribution is -2.16. The van der Waals surface area contributed by atoms with Crippen LogP contribution in [0.25, 0.3) is 0 Å². The fourth-order valence-corrected chi connectivity index (χ4v) is 1.87. The smallest absolute Gasteiger partial charge is 0.306 e. The summed E-state index contributed by atoms with van der Waals surface area (Å²) in [4.78, 5) is 22.4. The molecule has 0 aliphatic rings. The van der Waals surface area contributed by atoms with Gasteiger partial charge in [-0.2, -0.15) is 25.3 Å². The van der Waals surface area contributed by atoms with E-state index in [0.29, 0.717) is 52.5 Å². The van der Waals surface area contributed by atoms with E-state index < -0.39 is 0 Å². The van der Waals surface area contributed by atoms with Crippen LogP contribution < -0.4 is 0 Å². The van der Waals surface area contributed by atoms with Gasteiger partial charge in [0.1, 0.15) is 13.2 Å². The van der Waals surface area contributed by atoms with Crippen LogP contribution in [0, 0.1) is 0 Å². The highest BCUT2D eigenvalue weighted by Gasteiger charge is 2.06. The van der Waals surface area contributed by atoms with Crippen LogP contribution in [-0.2, 0) is 33.3 Å². The normalized spacial score (nSPS) is 13.3. The van der Waals surface area contributed by atoms with Gasteiger partial charge in [-0.15, -0.1) is 0 Å². The summed E-state index contributed by atoms with van der Waals surface area (Å²) >= 11 is 8.22. The Balaban J connectivity index is 3.19. The van der Waals surface area contributed by atoms with Crippen molar-refractivity contribution in [2.75, 3.05) is 52.9 Å². The van der Waals surface area contributed by atoms with Crippen molar-refractivity contribution in [3.05, 3.63) is 0 Å². The Labute approximate surface area is 160 Å². The zero-order chi connectivity index (χ0) is 18.9. The number of carbonyl (C=O) groups excluding carboxylic acids is 2. The highest BCUT2D eigenvalue weighted by molar-refractivity contribution is 7.81. The molecule has 0 heterocycles. The molecule has 0 N–H and O–H groups in total. The number of thiol groups is 2. The van der Waals surface area contributed by atoms with Crippen molar-refractivity contribution in [2.24, 2.45) is 0 Å². The zero-order valence-electron chi connectivity index (χ0n) is 15.0. The van der Waals surface area contributed by atoms with E-state index in [-0.39, 0.29) is 35.7 Å². The number of ether oxygens (including phenoxy) is 5. The van der Waals surface area contributed by atoms with E-state index in [0.717, 1.165) is 0 Å². The molecule has 0 fully saturated rings. The van der Waals surface area contributed by atoms with Crippen molar-refractivity contribution in [3.63, 3.8) is 0 Å². The van der Waals surface area contributed by atoms with Gasteiger partial charge in [0.2, 0.25) is 0 Å². The van der Waals surface area contributed by atoms with Crippen molar-refractivity contribution < 1.29 is 33.3 Å². The molecular weight excluding hydrogens is 368 g/mol. The van der Waals surface area contributed by atoms with E-state index in [1.165, 1.54) is 0 Å². The lowest BCUT2D eigenvalue weighted by molar-refractivity contribution is -0.145. The van der Waals surface area contributed by atoms with Crippen molar-refractivity contribution >= 4 is 37.2 Å². The van der Waals surface area contributed by atoms with Gasteiger partial charge in [-0.25, -0.2) is 0 Å². The third-order valence-corrected chi connectivity index (χ3v) is 3.01. The Kier molecular flexibility index (Phi) is 16.6. The van der Waals surface area contributed by atoms with Gasteiger partial charge in [-0.05, 0) is 0 Å². The van der Waals surface area contributed by atoms with Crippen LogP contribution in [0.2, 0.25) is 0 Å². The van der Waals surface area contributed by atoms with Gasteiger partial charge in [0.05, 0.1) is 52.5 Å². The topological polar surface area (TPSA) is 80.3 Å². The first kappa shape index (κ1) is 24.5. The quantitative estimate of drug-likeness (QED) is 0.232. The molecule has 0 rings (SSSR count). The van der Waals surface area contributed by atoms with E-state index in [9.17, 15) is 9.59 Å². The Morgan fingerprint density at radius 3 is 1.20 bits per heavy atom. The second-order valence-corrected chi connectivity index (χ2v) is 7.15. The maximum atomic E-state index is 11.2. The molecule has 0 aliphatic heterocycles. The summed E-state index contributed by atoms with van der Waals surface area (Å²) in [6, 6.07) is 0. The van der Waals surface area contributed by atoms with Crippen LogP contribution >= 0.6 is 25.3 Å². The predicted molar refractivity (Wildman–Crippen MR) is 101 cm³/mol. The largest absolute Gasteiger partial charge is 0.463 e. The predicted octanol–water partition coefficient (Wildman–Crippen LogP) is 1.54. The standard InChI is InChI=1S/C16H30O7S2/c1-13(24)11-15(17)22-9-7-20-5-3-19-4-6-21-8-10-23-16(18)12-14(2)25/h13-14,24-25H,3-12H2,1-2H3. The van der Waals surface area contributed by atoms with Crippen LogP contribution in [0.3, 0.4) is 0 Å². The van der Waals surface area contributed by atoms with Gasteiger partial charge in [-0.1, -0.05) is 13.8 Å². The first-order chi connectivity index (χ1) is 11.9. The van der Waals surface area contributed by atoms with Crippen molar-refractivity contribution in [1.29, 1.82) is 0 Å². The molecule has 0 saturated heterocycles. The summed E-state index contributed by atoms with van der Waals surface area (Å²) in [6.07, 6.45) is 0.583. The van der Waals surface area contributed by atoms with Crippen LogP contribution in [-0.4, -0.2) is 75.3 Å². The third kappa shape index (κ3) is 19.7. The molecule has 0 radical (unpaired) electrons. The molecular formula is C16H30O7S2. The lowest BCUT2D eigenvalue weighted by Gasteiger charge is -2.09.